The molecule has 0 fully saturated rings. The van der Waals surface area contributed by atoms with Crippen molar-refractivity contribution in [2.24, 2.45) is 0 Å². The summed E-state index contributed by atoms with van der Waals surface area (Å²) in [6, 6.07) is 9.10. The molecule has 3 aromatic heterocycles. The average Bonchev–Trinajstić information content (AvgIpc) is 3.43. The maximum absolute atomic E-state index is 13.3. The summed E-state index contributed by atoms with van der Waals surface area (Å²) in [6.45, 7) is 2.29. The third kappa shape index (κ3) is 4.09. The van der Waals surface area contributed by atoms with Crippen LogP contribution in [0.5, 0.6) is 0 Å². The van der Waals surface area contributed by atoms with Gasteiger partial charge >= 0.3 is 0 Å². The number of aromatic nitrogens is 5. The van der Waals surface area contributed by atoms with Crippen LogP contribution in [0.2, 0.25) is 0 Å². The minimum absolute atomic E-state index is 0.0125. The number of oxazole rings is 2. The number of anilines is 1. The number of aryl methyl sites for hydroxylation is 1. The Hall–Kier alpha value is -3.89. The lowest BCUT2D eigenvalue weighted by molar-refractivity contribution is 0.0126. The van der Waals surface area contributed by atoms with E-state index in [9.17, 15) is 13.6 Å². The molecule has 1 aromatic carbocycles. The van der Waals surface area contributed by atoms with E-state index in [1.54, 1.807) is 19.1 Å². The molecular weight excluding hydrogens is 398 g/mol. The molecule has 0 aliphatic heterocycles. The van der Waals surface area contributed by atoms with E-state index in [1.807, 2.05) is 18.2 Å². The molecule has 0 bridgehead atoms. The van der Waals surface area contributed by atoms with Crippen molar-refractivity contribution in [3.8, 4) is 11.3 Å². The maximum atomic E-state index is 13.3. The van der Waals surface area contributed by atoms with Crippen LogP contribution in [0.1, 0.15) is 34.9 Å². The standard InChI is InChI=1S/C19H16F2N6O3/c1-11-23-16(17(30-11)12-6-4-3-5-7-12)18(28)25-14-8-22-27(26-14)9-15-24-13(10-29-15)19(2,20)21/h3-8,10H,9H2,1-2H3,(H,25,26,28). The van der Waals surface area contributed by atoms with Gasteiger partial charge in [-0.05, 0) is 0 Å². The van der Waals surface area contributed by atoms with Gasteiger partial charge in [0.1, 0.15) is 18.5 Å². The number of carbonyl (C=O) groups excluding carboxylic acids is 1. The van der Waals surface area contributed by atoms with E-state index in [-0.39, 0.29) is 23.9 Å². The van der Waals surface area contributed by atoms with Crippen LogP contribution in [0.3, 0.4) is 0 Å². The summed E-state index contributed by atoms with van der Waals surface area (Å²) < 4.78 is 37.1. The van der Waals surface area contributed by atoms with Crippen LogP contribution in [0.25, 0.3) is 11.3 Å². The van der Waals surface area contributed by atoms with Gasteiger partial charge in [-0.3, -0.25) is 4.79 Å². The van der Waals surface area contributed by atoms with Crippen molar-refractivity contribution in [1.29, 1.82) is 0 Å². The fraction of sp³-hybridized carbons (Fsp3) is 0.211. The second-order valence-corrected chi connectivity index (χ2v) is 6.51. The second kappa shape index (κ2) is 7.50. The Balaban J connectivity index is 1.48. The zero-order valence-corrected chi connectivity index (χ0v) is 16.0. The number of benzene rings is 1. The van der Waals surface area contributed by atoms with Crippen molar-refractivity contribution in [2.45, 2.75) is 26.3 Å². The van der Waals surface area contributed by atoms with Crippen molar-refractivity contribution in [3.05, 3.63) is 66.0 Å². The Kier molecular flexibility index (Phi) is 4.86. The minimum atomic E-state index is -3.11. The molecular formula is C19H16F2N6O3. The van der Waals surface area contributed by atoms with E-state index in [0.717, 1.165) is 18.0 Å². The lowest BCUT2D eigenvalue weighted by Gasteiger charge is -2.03. The summed E-state index contributed by atoms with van der Waals surface area (Å²) in [5.74, 6) is -2.79. The molecule has 0 saturated heterocycles. The van der Waals surface area contributed by atoms with E-state index in [1.165, 1.54) is 6.20 Å². The van der Waals surface area contributed by atoms with Crippen LogP contribution in [-0.4, -0.2) is 30.9 Å². The Morgan fingerprint density at radius 3 is 2.70 bits per heavy atom. The topological polar surface area (TPSA) is 112 Å². The number of halogens is 2. The highest BCUT2D eigenvalue weighted by molar-refractivity contribution is 6.05. The smallest absolute Gasteiger partial charge is 0.290 e. The summed E-state index contributed by atoms with van der Waals surface area (Å²) >= 11 is 0. The zero-order chi connectivity index (χ0) is 21.3. The van der Waals surface area contributed by atoms with Gasteiger partial charge in [0.25, 0.3) is 11.8 Å². The summed E-state index contributed by atoms with van der Waals surface area (Å²) in [5.41, 5.74) is 0.336. The average molecular weight is 414 g/mol. The summed E-state index contributed by atoms with van der Waals surface area (Å²) in [7, 11) is 0. The van der Waals surface area contributed by atoms with E-state index in [0.29, 0.717) is 17.2 Å². The first kappa shape index (κ1) is 19.4. The number of amides is 1. The summed E-state index contributed by atoms with van der Waals surface area (Å²) in [4.78, 5) is 21.7. The summed E-state index contributed by atoms with van der Waals surface area (Å²) in [5, 5.41) is 10.6. The molecule has 0 spiro atoms. The Labute approximate surface area is 168 Å². The zero-order valence-electron chi connectivity index (χ0n) is 16.0. The molecule has 30 heavy (non-hydrogen) atoms. The van der Waals surface area contributed by atoms with Gasteiger partial charge in [0, 0.05) is 19.4 Å². The van der Waals surface area contributed by atoms with Gasteiger partial charge in [-0.1, -0.05) is 30.3 Å². The molecule has 3 heterocycles. The van der Waals surface area contributed by atoms with E-state index in [2.05, 4.69) is 25.5 Å². The third-order valence-corrected chi connectivity index (χ3v) is 4.04. The first-order valence-electron chi connectivity index (χ1n) is 8.86. The number of rotatable bonds is 6. The molecule has 0 saturated carbocycles. The van der Waals surface area contributed by atoms with Crippen molar-refractivity contribution in [1.82, 2.24) is 25.0 Å². The molecule has 9 nitrogen and oxygen atoms in total. The number of nitrogens with zero attached hydrogens (tertiary/aromatic N) is 5. The highest BCUT2D eigenvalue weighted by atomic mass is 19.3. The van der Waals surface area contributed by atoms with Gasteiger partial charge in [-0.2, -0.15) is 18.7 Å². The molecule has 0 aliphatic carbocycles. The quantitative estimate of drug-likeness (QED) is 0.513. The number of nitrogens with one attached hydrogen (secondary N) is 1. The van der Waals surface area contributed by atoms with Crippen LogP contribution >= 0.6 is 0 Å². The third-order valence-electron chi connectivity index (χ3n) is 4.04. The SMILES string of the molecule is Cc1nc(C(=O)Nc2cnn(Cc3nc(C(C)(F)F)co3)n2)c(-c2ccccc2)o1. The highest BCUT2D eigenvalue weighted by Gasteiger charge is 2.29. The largest absolute Gasteiger partial charge is 0.446 e. The fourth-order valence-corrected chi connectivity index (χ4v) is 2.68. The fourth-order valence-electron chi connectivity index (χ4n) is 2.68. The normalized spacial score (nSPS) is 11.6. The minimum Gasteiger partial charge on any atom is -0.446 e. The van der Waals surface area contributed by atoms with Crippen molar-refractivity contribution in [3.63, 3.8) is 0 Å². The second-order valence-electron chi connectivity index (χ2n) is 6.51. The van der Waals surface area contributed by atoms with Crippen molar-refractivity contribution in [2.75, 3.05) is 5.32 Å². The van der Waals surface area contributed by atoms with Crippen LogP contribution < -0.4 is 5.32 Å². The maximum Gasteiger partial charge on any atom is 0.290 e. The van der Waals surface area contributed by atoms with Gasteiger partial charge in [0.15, 0.2) is 23.2 Å². The predicted octanol–water partition coefficient (Wildman–Crippen LogP) is 3.64. The van der Waals surface area contributed by atoms with Gasteiger partial charge in [-0.15, -0.1) is 5.10 Å². The number of hydrogen-bond acceptors (Lipinski definition) is 7. The van der Waals surface area contributed by atoms with Gasteiger partial charge < -0.3 is 14.2 Å². The molecule has 0 radical (unpaired) electrons. The Bertz CT molecular complexity index is 1180. The molecule has 0 unspecified atom stereocenters. The first-order chi connectivity index (χ1) is 14.3. The van der Waals surface area contributed by atoms with E-state index < -0.39 is 17.5 Å². The number of alkyl halides is 2. The van der Waals surface area contributed by atoms with E-state index >= 15 is 0 Å². The molecule has 0 aliphatic rings. The molecule has 11 heteroatoms. The molecule has 154 valence electrons. The summed E-state index contributed by atoms with van der Waals surface area (Å²) in [6.07, 6.45) is 2.20. The van der Waals surface area contributed by atoms with Crippen LogP contribution in [-0.2, 0) is 12.5 Å². The van der Waals surface area contributed by atoms with Crippen LogP contribution in [0, 0.1) is 6.92 Å². The number of carbonyl (C=O) groups is 1. The van der Waals surface area contributed by atoms with Crippen LogP contribution in [0.15, 0.2) is 51.6 Å². The van der Waals surface area contributed by atoms with E-state index in [4.69, 9.17) is 8.83 Å². The first-order valence-corrected chi connectivity index (χ1v) is 8.86. The monoisotopic (exact) mass is 414 g/mol. The number of hydrogen-bond donors (Lipinski definition) is 1. The molecule has 1 amide bonds. The van der Waals surface area contributed by atoms with Gasteiger partial charge in [0.05, 0.1) is 6.20 Å². The lowest BCUT2D eigenvalue weighted by atomic mass is 10.1. The Morgan fingerprint density at radius 2 is 2.00 bits per heavy atom. The lowest BCUT2D eigenvalue weighted by Crippen LogP contribution is -2.14. The van der Waals surface area contributed by atoms with Gasteiger partial charge in [-0.25, -0.2) is 9.97 Å². The molecule has 1 N–H and O–H groups in total. The molecule has 0 atom stereocenters. The van der Waals surface area contributed by atoms with Crippen molar-refractivity contribution < 1.29 is 22.4 Å². The van der Waals surface area contributed by atoms with Crippen molar-refractivity contribution >= 4 is 11.7 Å². The highest BCUT2D eigenvalue weighted by Crippen LogP contribution is 2.26. The predicted molar refractivity (Wildman–Crippen MR) is 99.8 cm³/mol. The van der Waals surface area contributed by atoms with Crippen LogP contribution in [0.4, 0.5) is 14.6 Å². The van der Waals surface area contributed by atoms with Gasteiger partial charge in [0.2, 0.25) is 5.89 Å². The molecule has 4 rings (SSSR count). The molecule has 4 aromatic rings. The Morgan fingerprint density at radius 1 is 1.23 bits per heavy atom.